The number of halogens is 3. The molecule has 0 spiro atoms. The molecule has 3 aromatic rings. The number of hydrogen-bond acceptors (Lipinski definition) is 7. The van der Waals surface area contributed by atoms with Gasteiger partial charge < -0.3 is 14.7 Å². The Morgan fingerprint density at radius 2 is 1.93 bits per heavy atom. The van der Waals surface area contributed by atoms with E-state index in [0.717, 1.165) is 32.2 Å². The largest absolute Gasteiger partial charge is 0.350 e. The van der Waals surface area contributed by atoms with Crippen molar-refractivity contribution in [2.24, 2.45) is 0 Å². The number of nitrogens with zero attached hydrogens (tertiary/aromatic N) is 6. The first kappa shape index (κ1) is 29.1. The number of carbonyl (C=O) groups excluding carboxylic acids is 1. The van der Waals surface area contributed by atoms with Gasteiger partial charge in [0.1, 0.15) is 17.5 Å². The fourth-order valence-electron chi connectivity index (χ4n) is 6.29. The van der Waals surface area contributed by atoms with E-state index >= 15 is 4.39 Å². The van der Waals surface area contributed by atoms with Gasteiger partial charge in [-0.15, -0.1) is 11.8 Å². The molecule has 0 bridgehead atoms. The summed E-state index contributed by atoms with van der Waals surface area (Å²) in [6.07, 6.45) is 1.31. The van der Waals surface area contributed by atoms with Crippen molar-refractivity contribution in [3.63, 3.8) is 0 Å². The Kier molecular flexibility index (Phi) is 8.03. The number of carbonyl (C=O) groups is 1. The Balaban J connectivity index is 1.51. The van der Waals surface area contributed by atoms with Crippen LogP contribution in [0.25, 0.3) is 22.0 Å². The zero-order valence-electron chi connectivity index (χ0n) is 23.7. The van der Waals surface area contributed by atoms with Crippen LogP contribution in [0.3, 0.4) is 0 Å². The first-order valence-electron chi connectivity index (χ1n) is 14.1. The fraction of sp³-hybridized carbons (Fsp3) is 0.433. The second kappa shape index (κ2) is 11.6. The fourth-order valence-corrected chi connectivity index (χ4v) is 7.97. The molecule has 4 heterocycles. The predicted octanol–water partition coefficient (Wildman–Crippen LogP) is 4.11. The average Bonchev–Trinajstić information content (AvgIpc) is 2.96. The van der Waals surface area contributed by atoms with Crippen LogP contribution in [0.1, 0.15) is 13.0 Å². The van der Waals surface area contributed by atoms with Crippen LogP contribution in [0.15, 0.2) is 46.6 Å². The predicted molar refractivity (Wildman–Crippen MR) is 164 cm³/mol. The normalized spacial score (nSPS) is 21.6. The van der Waals surface area contributed by atoms with Crippen molar-refractivity contribution in [2.45, 2.75) is 23.9 Å². The van der Waals surface area contributed by atoms with Crippen LogP contribution in [0.2, 0.25) is 5.02 Å². The molecule has 0 saturated carbocycles. The van der Waals surface area contributed by atoms with Crippen molar-refractivity contribution >= 4 is 46.0 Å². The topological polar surface area (TPSA) is 64.9 Å². The number of thioether (sulfide) groups is 1. The zero-order valence-corrected chi connectivity index (χ0v) is 25.2. The van der Waals surface area contributed by atoms with Crippen molar-refractivity contribution in [3.05, 3.63) is 64.1 Å². The number of likely N-dealkylation sites (N-methyl/N-ethyl adjacent to an activating group) is 1. The summed E-state index contributed by atoms with van der Waals surface area (Å²) >= 11 is 8.45. The lowest BCUT2D eigenvalue weighted by Crippen LogP contribution is -2.54. The maximum Gasteiger partial charge on any atom is 0.350 e. The number of rotatable bonds is 5. The minimum atomic E-state index is -0.715. The van der Waals surface area contributed by atoms with Crippen molar-refractivity contribution in [3.8, 4) is 11.1 Å². The molecule has 222 valence electrons. The molecule has 2 unspecified atom stereocenters. The van der Waals surface area contributed by atoms with E-state index in [0.29, 0.717) is 64.1 Å². The smallest absolute Gasteiger partial charge is 0.350 e. The van der Waals surface area contributed by atoms with Crippen LogP contribution in [-0.2, 0) is 4.79 Å². The Morgan fingerprint density at radius 3 is 2.62 bits per heavy atom. The van der Waals surface area contributed by atoms with Gasteiger partial charge in [-0.05, 0) is 38.2 Å². The molecule has 42 heavy (non-hydrogen) atoms. The summed E-state index contributed by atoms with van der Waals surface area (Å²) in [6.45, 7) is 11.4. The van der Waals surface area contributed by atoms with E-state index in [1.165, 1.54) is 18.2 Å². The highest BCUT2D eigenvalue weighted by atomic mass is 35.5. The van der Waals surface area contributed by atoms with Crippen LogP contribution < -0.4 is 10.6 Å². The first-order valence-corrected chi connectivity index (χ1v) is 15.5. The molecule has 2 atom stereocenters. The standard InChI is InChI=1S/C30H33ClF2N6O2S/c1-4-25(40)37-11-12-38(18(2)15-37)29-22-14-23(31)26(21-6-5-19(32)13-24(21)33)28-27(22)39(30(41)34-29)20(17-42-28)16-36-9-7-35(3)8-10-36/h4-6,13-14,18,20H,1,7-12,15-17H2,2-3H3. The third-order valence-corrected chi connectivity index (χ3v) is 10.1. The number of piperazine rings is 2. The first-order chi connectivity index (χ1) is 20.2. The number of aromatic nitrogens is 2. The molecule has 2 aromatic carbocycles. The number of hydrogen-bond donors (Lipinski definition) is 0. The molecular weight excluding hydrogens is 582 g/mol. The maximum atomic E-state index is 15.2. The van der Waals surface area contributed by atoms with Gasteiger partial charge in [0.05, 0.1) is 16.6 Å². The third kappa shape index (κ3) is 5.21. The number of amides is 1. The number of anilines is 1. The van der Waals surface area contributed by atoms with E-state index in [-0.39, 0.29) is 29.2 Å². The Morgan fingerprint density at radius 1 is 1.17 bits per heavy atom. The van der Waals surface area contributed by atoms with E-state index in [1.54, 1.807) is 27.3 Å². The molecular formula is C30H33ClF2N6O2S. The molecule has 0 N–H and O–H groups in total. The maximum absolute atomic E-state index is 15.2. The van der Waals surface area contributed by atoms with Crippen LogP contribution >= 0.6 is 23.4 Å². The highest BCUT2D eigenvalue weighted by Gasteiger charge is 2.34. The number of benzene rings is 2. The van der Waals surface area contributed by atoms with E-state index in [2.05, 4.69) is 28.4 Å². The van der Waals surface area contributed by atoms with E-state index in [1.807, 2.05) is 11.8 Å². The summed E-state index contributed by atoms with van der Waals surface area (Å²) in [5.41, 5.74) is 0.929. The zero-order chi connectivity index (χ0) is 29.7. The van der Waals surface area contributed by atoms with Gasteiger partial charge in [-0.1, -0.05) is 18.2 Å². The summed E-state index contributed by atoms with van der Waals surface area (Å²) in [7, 11) is 2.11. The minimum absolute atomic E-state index is 0.123. The van der Waals surface area contributed by atoms with Crippen LogP contribution in [0, 0.1) is 11.6 Å². The lowest BCUT2D eigenvalue weighted by Gasteiger charge is -2.41. The molecule has 3 aliphatic rings. The summed E-state index contributed by atoms with van der Waals surface area (Å²) in [5, 5.41) is 1.00. The van der Waals surface area contributed by atoms with E-state index < -0.39 is 11.6 Å². The van der Waals surface area contributed by atoms with E-state index in [4.69, 9.17) is 11.6 Å². The second-order valence-corrected chi connectivity index (χ2v) is 12.7. The second-order valence-electron chi connectivity index (χ2n) is 11.3. The molecule has 3 aliphatic heterocycles. The molecule has 0 aliphatic carbocycles. The van der Waals surface area contributed by atoms with Crippen LogP contribution in [0.5, 0.6) is 0 Å². The monoisotopic (exact) mass is 614 g/mol. The van der Waals surface area contributed by atoms with Crippen molar-refractivity contribution in [1.29, 1.82) is 0 Å². The lowest BCUT2D eigenvalue weighted by molar-refractivity contribution is -0.126. The lowest BCUT2D eigenvalue weighted by atomic mass is 10.0. The highest BCUT2D eigenvalue weighted by Crippen LogP contribution is 2.48. The van der Waals surface area contributed by atoms with Crippen LogP contribution in [0.4, 0.5) is 14.6 Å². The molecule has 6 rings (SSSR count). The summed E-state index contributed by atoms with van der Waals surface area (Å²) in [4.78, 5) is 40.0. The van der Waals surface area contributed by atoms with Gasteiger partial charge in [-0.3, -0.25) is 14.3 Å². The molecule has 0 radical (unpaired) electrons. The average molecular weight is 615 g/mol. The molecule has 2 saturated heterocycles. The summed E-state index contributed by atoms with van der Waals surface area (Å²) in [5.74, 6) is -0.437. The van der Waals surface area contributed by atoms with Gasteiger partial charge in [0.25, 0.3) is 0 Å². The Bertz CT molecular complexity index is 1630. The van der Waals surface area contributed by atoms with Gasteiger partial charge in [-0.2, -0.15) is 4.98 Å². The van der Waals surface area contributed by atoms with Crippen molar-refractivity contribution in [1.82, 2.24) is 24.3 Å². The Hall–Kier alpha value is -2.99. The van der Waals surface area contributed by atoms with Gasteiger partial charge in [0.2, 0.25) is 5.91 Å². The molecule has 2 fully saturated rings. The SMILES string of the molecule is C=CC(=O)N1CCN(c2nc(=O)n3c4c(c(-c5ccc(F)cc5F)c(Cl)cc24)SCC3CN2CCN(C)CC2)C(C)C1. The molecule has 1 aromatic heterocycles. The minimum Gasteiger partial charge on any atom is -0.350 e. The summed E-state index contributed by atoms with van der Waals surface area (Å²) in [6, 6.07) is 4.95. The van der Waals surface area contributed by atoms with Crippen molar-refractivity contribution < 1.29 is 13.6 Å². The molecule has 12 heteroatoms. The van der Waals surface area contributed by atoms with Crippen LogP contribution in [-0.4, -0.2) is 101 Å². The highest BCUT2D eigenvalue weighted by molar-refractivity contribution is 7.99. The van der Waals surface area contributed by atoms with E-state index in [9.17, 15) is 14.0 Å². The van der Waals surface area contributed by atoms with Gasteiger partial charge in [0, 0.05) is 91.6 Å². The molecule has 1 amide bonds. The quantitative estimate of drug-likeness (QED) is 0.401. The summed E-state index contributed by atoms with van der Waals surface area (Å²) < 4.78 is 30.8. The van der Waals surface area contributed by atoms with Gasteiger partial charge >= 0.3 is 5.69 Å². The van der Waals surface area contributed by atoms with Gasteiger partial charge in [0.15, 0.2) is 0 Å². The third-order valence-electron chi connectivity index (χ3n) is 8.53. The molecule has 8 nitrogen and oxygen atoms in total. The van der Waals surface area contributed by atoms with Gasteiger partial charge in [-0.25, -0.2) is 13.6 Å². The Labute approximate surface area is 252 Å². The van der Waals surface area contributed by atoms with Crippen molar-refractivity contribution in [2.75, 3.05) is 70.1 Å².